The lowest BCUT2D eigenvalue weighted by Gasteiger charge is -2.08. The number of alkyl halides is 3. The van der Waals surface area contributed by atoms with Crippen LogP contribution in [0.25, 0.3) is 0 Å². The van der Waals surface area contributed by atoms with Crippen molar-refractivity contribution in [3.63, 3.8) is 0 Å². The first-order valence-electron chi connectivity index (χ1n) is 8.71. The van der Waals surface area contributed by atoms with E-state index in [0.717, 1.165) is 22.0 Å². The third-order valence-corrected chi connectivity index (χ3v) is 7.46. The van der Waals surface area contributed by atoms with Crippen LogP contribution in [-0.4, -0.2) is 30.6 Å². The molecule has 0 N–H and O–H groups in total. The summed E-state index contributed by atoms with van der Waals surface area (Å²) in [5.41, 5.74) is -3.37. The van der Waals surface area contributed by atoms with Gasteiger partial charge in [-0.3, -0.25) is 0 Å². The molecule has 1 heterocycles. The third kappa shape index (κ3) is 8.66. The molecule has 0 amide bonds. The van der Waals surface area contributed by atoms with Crippen LogP contribution in [0.2, 0.25) is 0 Å². The Kier molecular flexibility index (Phi) is 9.25. The van der Waals surface area contributed by atoms with Crippen molar-refractivity contribution < 1.29 is 52.1 Å². The van der Waals surface area contributed by atoms with E-state index in [1.54, 1.807) is 18.4 Å². The van der Waals surface area contributed by atoms with Gasteiger partial charge in [0.15, 0.2) is 17.3 Å². The first kappa shape index (κ1) is 26.6. The second-order valence-corrected chi connectivity index (χ2v) is 11.5. The summed E-state index contributed by atoms with van der Waals surface area (Å²) < 4.78 is 66.5. The normalized spacial score (nSPS) is 10.8. The quantitative estimate of drug-likeness (QED) is 0.190. The molecule has 0 spiro atoms. The van der Waals surface area contributed by atoms with Crippen molar-refractivity contribution in [2.75, 3.05) is 7.11 Å². The van der Waals surface area contributed by atoms with Crippen molar-refractivity contribution in [2.45, 2.75) is 12.4 Å². The maximum atomic E-state index is 10.7. The highest BCUT2D eigenvalue weighted by molar-refractivity contribution is 7.86. The van der Waals surface area contributed by atoms with Crippen LogP contribution >= 0.6 is 11.3 Å². The Morgan fingerprint density at radius 3 is 2.18 bits per heavy atom. The summed E-state index contributed by atoms with van der Waals surface area (Å²) in [6.45, 7) is 1.96. The molecule has 6 nitrogen and oxygen atoms in total. The van der Waals surface area contributed by atoms with Crippen LogP contribution < -0.4 is 25.9 Å². The van der Waals surface area contributed by atoms with E-state index in [1.165, 1.54) is 7.14 Å². The molecule has 0 atom stereocenters. The molecule has 33 heavy (non-hydrogen) atoms. The molecule has 0 radical (unpaired) electrons. The predicted molar refractivity (Wildman–Crippen MR) is 110 cm³/mol. The zero-order valence-electron chi connectivity index (χ0n) is 17.0. The number of aromatic nitrogens is 1. The summed E-state index contributed by atoms with van der Waals surface area (Å²) in [5.74, 6) is 7.06. The number of hydrogen-bond acceptors (Lipinski definition) is 7. The van der Waals surface area contributed by atoms with Crippen LogP contribution in [0.3, 0.4) is 0 Å². The minimum absolute atomic E-state index is 0.380. The topological polar surface area (TPSA) is 103 Å². The summed E-state index contributed by atoms with van der Waals surface area (Å²) in [4.78, 5) is 4.35. The molecule has 2 aromatic carbocycles. The fourth-order valence-corrected chi connectivity index (χ4v) is 5.06. The zero-order valence-corrected chi connectivity index (χ0v) is 20.8. The summed E-state index contributed by atoms with van der Waals surface area (Å²) in [5, 5.41) is 12.2. The van der Waals surface area contributed by atoms with Crippen LogP contribution in [0.5, 0.6) is 5.75 Å². The minimum atomic E-state index is -6.09. The van der Waals surface area contributed by atoms with Gasteiger partial charge in [-0.15, -0.1) is 11.3 Å². The van der Waals surface area contributed by atoms with Gasteiger partial charge in [0.05, 0.1) is 23.8 Å². The van der Waals surface area contributed by atoms with Crippen LogP contribution in [0.4, 0.5) is 13.2 Å². The standard InChI is InChI=1S/C20H14IN2OS.CHF3O3S/c1-14-23-19(13-25-14)6-3-15-9-16(12-22)11-18(10-15)21-17-4-7-20(24-2)8-5-17;2-1(3,4)8(5,6)7/h4-5,7-11,13H,1-2H3;(H,5,6,7)/q+1;/p-1. The minimum Gasteiger partial charge on any atom is -0.741 e. The van der Waals surface area contributed by atoms with Gasteiger partial charge < -0.3 is 9.29 Å². The Balaban J connectivity index is 0.000000414. The number of halogens is 4. The third-order valence-electron chi connectivity index (χ3n) is 3.53. The fourth-order valence-electron chi connectivity index (χ4n) is 2.10. The monoisotopic (exact) mass is 606 g/mol. The van der Waals surface area contributed by atoms with Crippen LogP contribution in [0.15, 0.2) is 47.8 Å². The predicted octanol–water partition coefficient (Wildman–Crippen LogP) is 0.911. The summed E-state index contributed by atoms with van der Waals surface area (Å²) in [7, 11) is -4.43. The van der Waals surface area contributed by atoms with E-state index in [0.29, 0.717) is 5.56 Å². The number of ether oxygens (including phenoxy) is 1. The smallest absolute Gasteiger partial charge is 0.485 e. The average Bonchev–Trinajstić information content (AvgIpc) is 3.17. The van der Waals surface area contributed by atoms with E-state index in [9.17, 15) is 18.4 Å². The second kappa shape index (κ2) is 11.5. The van der Waals surface area contributed by atoms with Gasteiger partial charge >= 0.3 is 26.7 Å². The summed E-state index contributed by atoms with van der Waals surface area (Å²) in [6, 6.07) is 16.2. The number of aryl methyl sites for hydroxylation is 1. The largest absolute Gasteiger partial charge is 0.741 e. The van der Waals surface area contributed by atoms with Crippen LogP contribution in [-0.2, 0) is 10.1 Å². The van der Waals surface area contributed by atoms with Gasteiger partial charge in [0, 0.05) is 23.1 Å². The van der Waals surface area contributed by atoms with E-state index >= 15 is 0 Å². The first-order chi connectivity index (χ1) is 15.4. The number of nitriles is 1. The highest BCUT2D eigenvalue weighted by atomic mass is 127. The first-order valence-corrected chi connectivity index (χ1v) is 13.2. The molecule has 1 aromatic heterocycles. The van der Waals surface area contributed by atoms with Gasteiger partial charge in [-0.2, -0.15) is 18.4 Å². The zero-order chi connectivity index (χ0) is 24.6. The molecule has 0 aliphatic heterocycles. The molecule has 172 valence electrons. The highest BCUT2D eigenvalue weighted by Gasteiger charge is 2.36. The molecule has 3 aromatic rings. The molecule has 12 heteroatoms. The Morgan fingerprint density at radius 1 is 1.09 bits per heavy atom. The van der Waals surface area contributed by atoms with Gasteiger partial charge in [0.2, 0.25) is 0 Å². The van der Waals surface area contributed by atoms with E-state index in [4.69, 9.17) is 17.7 Å². The average molecular weight is 606 g/mol. The van der Waals surface area contributed by atoms with E-state index in [1.807, 2.05) is 36.6 Å². The van der Waals surface area contributed by atoms with Gasteiger partial charge in [-0.25, -0.2) is 13.4 Å². The van der Waals surface area contributed by atoms with E-state index in [-0.39, 0.29) is 21.2 Å². The highest BCUT2D eigenvalue weighted by Crippen LogP contribution is 2.20. The van der Waals surface area contributed by atoms with Crippen molar-refractivity contribution in [1.82, 2.24) is 4.98 Å². The van der Waals surface area contributed by atoms with Crippen molar-refractivity contribution in [2.24, 2.45) is 0 Å². The summed E-state index contributed by atoms with van der Waals surface area (Å²) in [6.07, 6.45) is 0. The second-order valence-electron chi connectivity index (χ2n) is 5.99. The van der Waals surface area contributed by atoms with Crippen molar-refractivity contribution in [3.8, 4) is 23.7 Å². The molecule has 0 fully saturated rings. The Bertz CT molecular complexity index is 1320. The molecular weight excluding hydrogens is 592 g/mol. The number of nitrogens with zero attached hydrogens (tertiary/aromatic N) is 2. The molecular formula is C21H14F3IN2O4S2. The molecule has 0 saturated carbocycles. The number of benzene rings is 2. The molecule has 0 saturated heterocycles. The molecule has 0 unspecified atom stereocenters. The van der Waals surface area contributed by atoms with Gasteiger partial charge in [0.25, 0.3) is 0 Å². The Hall–Kier alpha value is -2.65. The van der Waals surface area contributed by atoms with Crippen LogP contribution in [0.1, 0.15) is 21.8 Å². The SMILES string of the molecule is COc1ccc([I+]c2cc(C#N)cc(C#Cc3csc(C)n3)c2)cc1.O=S(=O)([O-])C(F)(F)F. The maximum absolute atomic E-state index is 10.7. The molecule has 3 rings (SSSR count). The Morgan fingerprint density at radius 2 is 1.70 bits per heavy atom. The molecule has 0 bridgehead atoms. The number of rotatable bonds is 3. The lowest BCUT2D eigenvalue weighted by Crippen LogP contribution is -3.61. The molecule has 0 aliphatic carbocycles. The van der Waals surface area contributed by atoms with E-state index < -0.39 is 15.6 Å². The van der Waals surface area contributed by atoms with Gasteiger partial charge in [-0.1, -0.05) is 5.92 Å². The Labute approximate surface area is 203 Å². The number of methoxy groups -OCH3 is 1. The van der Waals surface area contributed by atoms with Crippen LogP contribution in [0, 0.1) is 37.2 Å². The molecule has 0 aliphatic rings. The lowest BCUT2D eigenvalue weighted by molar-refractivity contribution is -0.597. The van der Waals surface area contributed by atoms with Gasteiger partial charge in [0.1, 0.15) is 11.4 Å². The number of hydrogen-bond donors (Lipinski definition) is 0. The van der Waals surface area contributed by atoms with Crippen molar-refractivity contribution in [1.29, 1.82) is 5.26 Å². The fraction of sp³-hybridized carbons (Fsp3) is 0.143. The maximum Gasteiger partial charge on any atom is 0.485 e. The van der Waals surface area contributed by atoms with Gasteiger partial charge in [-0.05, 0) is 43.2 Å². The lowest BCUT2D eigenvalue weighted by atomic mass is 10.1. The summed E-state index contributed by atoms with van der Waals surface area (Å²) >= 11 is 1.20. The van der Waals surface area contributed by atoms with Crippen molar-refractivity contribution in [3.05, 3.63) is 76.8 Å². The van der Waals surface area contributed by atoms with E-state index in [2.05, 4.69) is 41.1 Å². The number of thiazole rings is 1. The van der Waals surface area contributed by atoms with Crippen molar-refractivity contribution >= 4 is 21.5 Å².